The fourth-order valence-corrected chi connectivity index (χ4v) is 4.37. The Kier molecular flexibility index (Phi) is 6.63. The number of benzene rings is 2. The average Bonchev–Trinajstić information content (AvgIpc) is 3.35. The minimum absolute atomic E-state index is 0.257. The Balaban J connectivity index is 1.62. The summed E-state index contributed by atoms with van der Waals surface area (Å²) in [5.74, 6) is -0.490. The fourth-order valence-electron chi connectivity index (χ4n) is 3.95. The van der Waals surface area contributed by atoms with Gasteiger partial charge in [-0.05, 0) is 36.2 Å². The molecule has 0 aliphatic carbocycles. The van der Waals surface area contributed by atoms with Crippen LogP contribution in [0.25, 0.3) is 0 Å². The van der Waals surface area contributed by atoms with Gasteiger partial charge >= 0.3 is 0 Å². The lowest BCUT2D eigenvalue weighted by atomic mass is 10.1. The highest BCUT2D eigenvalue weighted by atomic mass is 35.5. The number of hydrogen-bond donors (Lipinski definition) is 0. The summed E-state index contributed by atoms with van der Waals surface area (Å²) in [6.45, 7) is 3.70. The molecule has 1 saturated heterocycles. The van der Waals surface area contributed by atoms with E-state index in [0.717, 1.165) is 24.8 Å². The summed E-state index contributed by atoms with van der Waals surface area (Å²) in [5.41, 5.74) is 1.94. The molecule has 31 heavy (non-hydrogen) atoms. The van der Waals surface area contributed by atoms with E-state index in [1.54, 1.807) is 24.1 Å². The molecule has 4 rings (SSSR count). The topological polar surface area (TPSA) is 57.2 Å². The van der Waals surface area contributed by atoms with Crippen molar-refractivity contribution in [2.45, 2.75) is 38.5 Å². The highest BCUT2D eigenvalue weighted by molar-refractivity contribution is 6.44. The van der Waals surface area contributed by atoms with Crippen LogP contribution in [-0.4, -0.2) is 32.8 Å². The van der Waals surface area contributed by atoms with Crippen molar-refractivity contribution in [2.24, 2.45) is 0 Å². The van der Waals surface area contributed by atoms with Gasteiger partial charge in [-0.2, -0.15) is 0 Å². The summed E-state index contributed by atoms with van der Waals surface area (Å²) in [5, 5.41) is 0.660. The smallest absolute Gasteiger partial charge is 0.292 e. The van der Waals surface area contributed by atoms with Crippen molar-refractivity contribution in [1.29, 1.82) is 0 Å². The van der Waals surface area contributed by atoms with Gasteiger partial charge < -0.3 is 23.8 Å². The summed E-state index contributed by atoms with van der Waals surface area (Å²) in [4.78, 5) is 15.0. The van der Waals surface area contributed by atoms with Crippen LogP contribution in [-0.2, 0) is 26.6 Å². The average molecular weight is 466 g/mol. The third-order valence-electron chi connectivity index (χ3n) is 5.49. The van der Waals surface area contributed by atoms with E-state index in [-0.39, 0.29) is 12.5 Å². The molecule has 0 bridgehead atoms. The molecule has 2 aromatic rings. The van der Waals surface area contributed by atoms with Crippen LogP contribution < -0.4 is 14.4 Å². The minimum atomic E-state index is -1.46. The lowest BCUT2D eigenvalue weighted by Gasteiger charge is -2.22. The third kappa shape index (κ3) is 3.98. The van der Waals surface area contributed by atoms with Crippen molar-refractivity contribution in [3.8, 4) is 11.5 Å². The zero-order chi connectivity index (χ0) is 22.0. The largest absolute Gasteiger partial charge is 0.493 e. The molecule has 0 atom stereocenters. The first-order valence-corrected chi connectivity index (χ1v) is 11.2. The Morgan fingerprint density at radius 1 is 1.10 bits per heavy atom. The molecule has 6 nitrogen and oxygen atoms in total. The number of unbranched alkanes of at least 4 members (excludes halogenated alkanes) is 2. The van der Waals surface area contributed by atoms with E-state index in [4.69, 9.17) is 42.1 Å². The van der Waals surface area contributed by atoms with Crippen LogP contribution in [0.4, 0.5) is 5.69 Å². The number of halogens is 2. The molecular formula is C23H25Cl2NO5. The van der Waals surface area contributed by atoms with Crippen molar-refractivity contribution in [1.82, 2.24) is 0 Å². The van der Waals surface area contributed by atoms with E-state index in [1.165, 1.54) is 0 Å². The summed E-state index contributed by atoms with van der Waals surface area (Å²) >= 11 is 12.8. The lowest BCUT2D eigenvalue weighted by molar-refractivity contribution is -0.180. The van der Waals surface area contributed by atoms with Gasteiger partial charge in [0.25, 0.3) is 11.7 Å². The molecule has 0 unspecified atom stereocenters. The number of anilines is 1. The molecule has 2 aliphatic heterocycles. The number of hydrogen-bond acceptors (Lipinski definition) is 5. The van der Waals surface area contributed by atoms with Gasteiger partial charge in [-0.25, -0.2) is 0 Å². The maximum Gasteiger partial charge on any atom is 0.292 e. The zero-order valence-corrected chi connectivity index (χ0v) is 19.1. The predicted molar refractivity (Wildman–Crippen MR) is 119 cm³/mol. The Labute approximate surface area is 191 Å². The number of ether oxygens (including phenoxy) is 4. The molecule has 0 N–H and O–H groups in total. The van der Waals surface area contributed by atoms with Crippen LogP contribution in [0.5, 0.6) is 11.5 Å². The number of amides is 1. The van der Waals surface area contributed by atoms with Gasteiger partial charge in [0.05, 0.1) is 49.2 Å². The van der Waals surface area contributed by atoms with E-state index in [0.29, 0.717) is 52.6 Å². The molecule has 2 heterocycles. The quantitative estimate of drug-likeness (QED) is 0.493. The van der Waals surface area contributed by atoms with Crippen LogP contribution in [0, 0.1) is 0 Å². The number of methoxy groups -OCH3 is 1. The molecule has 8 heteroatoms. The fraction of sp³-hybridized carbons (Fsp3) is 0.435. The van der Waals surface area contributed by atoms with Crippen LogP contribution in [0.1, 0.15) is 37.3 Å². The summed E-state index contributed by atoms with van der Waals surface area (Å²) in [7, 11) is 1.60. The first kappa shape index (κ1) is 22.2. The van der Waals surface area contributed by atoms with Crippen molar-refractivity contribution in [3.05, 3.63) is 51.5 Å². The molecule has 0 aromatic heterocycles. The molecule has 1 fully saturated rings. The van der Waals surface area contributed by atoms with E-state index >= 15 is 0 Å². The van der Waals surface area contributed by atoms with Gasteiger partial charge in [-0.1, -0.05) is 49.0 Å². The second kappa shape index (κ2) is 9.25. The monoisotopic (exact) mass is 465 g/mol. The number of nitrogens with zero attached hydrogens (tertiary/aromatic N) is 1. The Morgan fingerprint density at radius 3 is 2.58 bits per heavy atom. The zero-order valence-electron chi connectivity index (χ0n) is 17.6. The van der Waals surface area contributed by atoms with E-state index < -0.39 is 5.79 Å². The Bertz CT molecular complexity index is 975. The van der Waals surface area contributed by atoms with Crippen LogP contribution in [0.3, 0.4) is 0 Å². The first-order valence-electron chi connectivity index (χ1n) is 10.4. The standard InChI is InChI=1S/C23H25Cl2NO5/c1-3-4-5-10-29-18-9-6-15(13-19(18)28-2)14-26-21-16(7-8-17(24)20(21)25)23(22(26)27)30-11-12-31-23/h6-9,13H,3-5,10-12,14H2,1-2H3. The highest BCUT2D eigenvalue weighted by Gasteiger charge is 2.56. The predicted octanol–water partition coefficient (Wildman–Crippen LogP) is 5.32. The summed E-state index contributed by atoms with van der Waals surface area (Å²) in [6, 6.07) is 9.02. The first-order chi connectivity index (χ1) is 15.0. The second-order valence-corrected chi connectivity index (χ2v) is 8.29. The molecule has 2 aromatic carbocycles. The molecule has 0 saturated carbocycles. The number of carbonyl (C=O) groups excluding carboxylic acids is 1. The maximum absolute atomic E-state index is 13.4. The Morgan fingerprint density at radius 2 is 1.87 bits per heavy atom. The molecule has 1 amide bonds. The molecular weight excluding hydrogens is 441 g/mol. The van der Waals surface area contributed by atoms with Crippen molar-refractivity contribution >= 4 is 34.8 Å². The summed E-state index contributed by atoms with van der Waals surface area (Å²) < 4.78 is 22.9. The normalized spacial score (nSPS) is 16.8. The van der Waals surface area contributed by atoms with Gasteiger partial charge in [0.2, 0.25) is 0 Å². The summed E-state index contributed by atoms with van der Waals surface area (Å²) in [6.07, 6.45) is 3.24. The van der Waals surface area contributed by atoms with Gasteiger partial charge in [-0.15, -0.1) is 0 Å². The number of carbonyl (C=O) groups is 1. The maximum atomic E-state index is 13.4. The van der Waals surface area contributed by atoms with Gasteiger partial charge in [0.15, 0.2) is 11.5 Å². The van der Waals surface area contributed by atoms with Gasteiger partial charge in [-0.3, -0.25) is 4.79 Å². The van der Waals surface area contributed by atoms with Crippen LogP contribution in [0.2, 0.25) is 10.0 Å². The van der Waals surface area contributed by atoms with Gasteiger partial charge in [0.1, 0.15) is 0 Å². The van der Waals surface area contributed by atoms with Crippen molar-refractivity contribution < 1.29 is 23.7 Å². The van der Waals surface area contributed by atoms with Crippen molar-refractivity contribution in [3.63, 3.8) is 0 Å². The molecule has 166 valence electrons. The number of rotatable bonds is 8. The van der Waals surface area contributed by atoms with E-state index in [9.17, 15) is 4.79 Å². The molecule has 0 radical (unpaired) electrons. The minimum Gasteiger partial charge on any atom is -0.493 e. The van der Waals surface area contributed by atoms with E-state index in [2.05, 4.69) is 6.92 Å². The van der Waals surface area contributed by atoms with E-state index in [1.807, 2.05) is 18.2 Å². The van der Waals surface area contributed by atoms with Crippen LogP contribution in [0.15, 0.2) is 30.3 Å². The second-order valence-electron chi connectivity index (χ2n) is 7.50. The SMILES string of the molecule is CCCCCOc1ccc(CN2C(=O)C3(OCCO3)c3ccc(Cl)c(Cl)c32)cc1OC. The third-order valence-corrected chi connectivity index (χ3v) is 6.28. The lowest BCUT2D eigenvalue weighted by Crippen LogP contribution is -2.40. The molecule has 1 spiro atoms. The highest BCUT2D eigenvalue weighted by Crippen LogP contribution is 2.51. The molecule has 2 aliphatic rings. The van der Waals surface area contributed by atoms with Crippen molar-refractivity contribution in [2.75, 3.05) is 31.8 Å². The van der Waals surface area contributed by atoms with Crippen LogP contribution >= 0.6 is 23.2 Å². The number of fused-ring (bicyclic) bond motifs is 2. The van der Waals surface area contributed by atoms with Gasteiger partial charge in [0, 0.05) is 5.56 Å². The Hall–Kier alpha value is -1.99.